The van der Waals surface area contributed by atoms with Crippen LogP contribution >= 0.6 is 0 Å². The van der Waals surface area contributed by atoms with Crippen molar-refractivity contribution in [3.8, 4) is 0 Å². The van der Waals surface area contributed by atoms with Gasteiger partial charge in [0.1, 0.15) is 0 Å². The summed E-state index contributed by atoms with van der Waals surface area (Å²) >= 11 is 0. The largest absolute Gasteiger partial charge is 0.396 e. The molecule has 0 aromatic carbocycles. The third-order valence-electron chi connectivity index (χ3n) is 8.85. The molecule has 0 bridgehead atoms. The predicted molar refractivity (Wildman–Crippen MR) is 103 cm³/mol. The average Bonchev–Trinajstić information content (AvgIpc) is 2.93. The zero-order chi connectivity index (χ0) is 17.3. The summed E-state index contributed by atoms with van der Waals surface area (Å²) in [5, 5.41) is 9.74. The molecule has 1 nitrogen and oxygen atoms in total. The summed E-state index contributed by atoms with van der Waals surface area (Å²) in [6.45, 7) is 10.1. The Balaban J connectivity index is 1.79. The molecule has 0 spiro atoms. The van der Waals surface area contributed by atoms with E-state index in [4.69, 9.17) is 0 Å². The van der Waals surface area contributed by atoms with Gasteiger partial charge in [-0.1, -0.05) is 53.4 Å². The van der Waals surface area contributed by atoms with Gasteiger partial charge < -0.3 is 5.11 Å². The van der Waals surface area contributed by atoms with Crippen molar-refractivity contribution in [2.75, 3.05) is 6.61 Å². The van der Waals surface area contributed by atoms with Crippen molar-refractivity contribution < 1.29 is 5.11 Å². The van der Waals surface area contributed by atoms with Crippen LogP contribution in [-0.4, -0.2) is 11.7 Å². The molecule has 1 heteroatoms. The van der Waals surface area contributed by atoms with Crippen LogP contribution in [0.2, 0.25) is 0 Å². The number of hydrogen-bond donors (Lipinski definition) is 1. The Morgan fingerprint density at radius 3 is 2.38 bits per heavy atom. The van der Waals surface area contributed by atoms with Crippen LogP contribution < -0.4 is 0 Å². The van der Waals surface area contributed by atoms with Gasteiger partial charge in [0.2, 0.25) is 0 Å². The first-order valence-corrected chi connectivity index (χ1v) is 11.2. The van der Waals surface area contributed by atoms with E-state index in [1.54, 1.807) is 0 Å². The summed E-state index contributed by atoms with van der Waals surface area (Å²) in [7, 11) is 0. The van der Waals surface area contributed by atoms with Gasteiger partial charge in [0.15, 0.2) is 0 Å². The van der Waals surface area contributed by atoms with Gasteiger partial charge in [-0.25, -0.2) is 0 Å². The highest BCUT2D eigenvalue weighted by atomic mass is 16.3. The molecule has 0 aromatic rings. The Morgan fingerprint density at radius 1 is 0.958 bits per heavy atom. The molecule has 0 aromatic heterocycles. The maximum Gasteiger partial charge on any atom is 0.0459 e. The molecule has 8 atom stereocenters. The highest BCUT2D eigenvalue weighted by Gasteiger charge is 2.56. The van der Waals surface area contributed by atoms with E-state index in [9.17, 15) is 5.11 Å². The maximum atomic E-state index is 9.74. The molecule has 0 radical (unpaired) electrons. The minimum atomic E-state index is 0.387. The van der Waals surface area contributed by atoms with E-state index in [1.165, 1.54) is 64.2 Å². The summed E-state index contributed by atoms with van der Waals surface area (Å²) in [4.78, 5) is 0. The van der Waals surface area contributed by atoms with Gasteiger partial charge in [-0.3, -0.25) is 0 Å². The SMILES string of the molecule is CCCC1CCC2C(CCC3(C)C(C(C)CO)CCC23)C1CCC. The molecule has 3 aliphatic carbocycles. The van der Waals surface area contributed by atoms with Crippen molar-refractivity contribution in [3.05, 3.63) is 0 Å². The Morgan fingerprint density at radius 2 is 1.71 bits per heavy atom. The molecule has 3 fully saturated rings. The van der Waals surface area contributed by atoms with E-state index < -0.39 is 0 Å². The molecule has 140 valence electrons. The van der Waals surface area contributed by atoms with Crippen LogP contribution in [0.5, 0.6) is 0 Å². The second kappa shape index (κ2) is 7.68. The predicted octanol–water partition coefficient (Wildman–Crippen LogP) is 6.30. The number of fused-ring (bicyclic) bond motifs is 3. The van der Waals surface area contributed by atoms with E-state index in [0.29, 0.717) is 17.9 Å². The summed E-state index contributed by atoms with van der Waals surface area (Å²) in [5.74, 6) is 6.30. The third-order valence-corrected chi connectivity index (χ3v) is 8.85. The van der Waals surface area contributed by atoms with Crippen LogP contribution in [0, 0.1) is 46.8 Å². The average molecular weight is 335 g/mol. The van der Waals surface area contributed by atoms with Gasteiger partial charge in [-0.15, -0.1) is 0 Å². The Kier molecular flexibility index (Phi) is 6.00. The monoisotopic (exact) mass is 334 g/mol. The minimum absolute atomic E-state index is 0.387. The number of aliphatic hydroxyl groups excluding tert-OH is 1. The first-order chi connectivity index (χ1) is 11.6. The molecule has 0 heterocycles. The van der Waals surface area contributed by atoms with Crippen molar-refractivity contribution in [1.29, 1.82) is 0 Å². The lowest BCUT2D eigenvalue weighted by atomic mass is 9.50. The lowest BCUT2D eigenvalue weighted by molar-refractivity contribution is -0.0654. The van der Waals surface area contributed by atoms with Crippen LogP contribution in [0.25, 0.3) is 0 Å². The van der Waals surface area contributed by atoms with E-state index >= 15 is 0 Å². The van der Waals surface area contributed by atoms with Crippen LogP contribution in [-0.2, 0) is 0 Å². The molecule has 0 saturated heterocycles. The van der Waals surface area contributed by atoms with Gasteiger partial charge in [0.05, 0.1) is 0 Å². The zero-order valence-electron chi connectivity index (χ0n) is 16.8. The normalized spacial score (nSPS) is 46.4. The fourth-order valence-electron chi connectivity index (χ4n) is 7.85. The highest BCUT2D eigenvalue weighted by molar-refractivity contribution is 5.06. The number of aliphatic hydroxyl groups is 1. The summed E-state index contributed by atoms with van der Waals surface area (Å²) in [5.41, 5.74) is 0.525. The topological polar surface area (TPSA) is 20.2 Å². The number of hydrogen-bond acceptors (Lipinski definition) is 1. The first kappa shape index (κ1) is 18.7. The molecule has 1 N–H and O–H groups in total. The molecular weight excluding hydrogens is 292 g/mol. The fraction of sp³-hybridized carbons (Fsp3) is 1.00. The second-order valence-electron chi connectivity index (χ2n) is 9.90. The minimum Gasteiger partial charge on any atom is -0.396 e. The molecular formula is C23H42O. The lowest BCUT2D eigenvalue weighted by Crippen LogP contribution is -2.48. The third kappa shape index (κ3) is 3.08. The van der Waals surface area contributed by atoms with Gasteiger partial charge in [0.25, 0.3) is 0 Å². The van der Waals surface area contributed by atoms with Crippen molar-refractivity contribution in [1.82, 2.24) is 0 Å². The molecule has 3 aliphatic rings. The summed E-state index contributed by atoms with van der Waals surface area (Å²) in [6.07, 6.45) is 14.5. The van der Waals surface area contributed by atoms with E-state index in [-0.39, 0.29) is 0 Å². The fourth-order valence-corrected chi connectivity index (χ4v) is 7.85. The quantitative estimate of drug-likeness (QED) is 0.604. The van der Waals surface area contributed by atoms with Crippen molar-refractivity contribution in [2.45, 2.75) is 91.9 Å². The second-order valence-corrected chi connectivity index (χ2v) is 9.90. The summed E-state index contributed by atoms with van der Waals surface area (Å²) in [6, 6.07) is 0. The highest BCUT2D eigenvalue weighted by Crippen LogP contribution is 2.64. The Labute approximate surface area is 151 Å². The van der Waals surface area contributed by atoms with Crippen LogP contribution in [0.4, 0.5) is 0 Å². The molecule has 0 amide bonds. The molecule has 0 aliphatic heterocycles. The number of rotatable bonds is 6. The molecule has 3 rings (SSSR count). The van der Waals surface area contributed by atoms with Crippen LogP contribution in [0.3, 0.4) is 0 Å². The van der Waals surface area contributed by atoms with Crippen LogP contribution in [0.15, 0.2) is 0 Å². The molecule has 3 saturated carbocycles. The van der Waals surface area contributed by atoms with Crippen molar-refractivity contribution in [3.63, 3.8) is 0 Å². The Hall–Kier alpha value is -0.0400. The molecule has 8 unspecified atom stereocenters. The summed E-state index contributed by atoms with van der Waals surface area (Å²) < 4.78 is 0. The van der Waals surface area contributed by atoms with Crippen molar-refractivity contribution in [2.24, 2.45) is 46.8 Å². The van der Waals surface area contributed by atoms with E-state index in [2.05, 4.69) is 27.7 Å². The maximum absolute atomic E-state index is 9.74. The van der Waals surface area contributed by atoms with Gasteiger partial charge in [-0.05, 0) is 85.4 Å². The molecule has 24 heavy (non-hydrogen) atoms. The Bertz CT molecular complexity index is 405. The lowest BCUT2D eigenvalue weighted by Gasteiger charge is -2.55. The van der Waals surface area contributed by atoms with E-state index in [0.717, 1.165) is 35.5 Å². The van der Waals surface area contributed by atoms with Gasteiger partial charge in [-0.2, -0.15) is 0 Å². The van der Waals surface area contributed by atoms with Crippen molar-refractivity contribution >= 4 is 0 Å². The zero-order valence-corrected chi connectivity index (χ0v) is 16.8. The van der Waals surface area contributed by atoms with Gasteiger partial charge >= 0.3 is 0 Å². The standard InChI is InChI=1S/C23H42O/c1-5-7-17-9-10-20-19(18(17)8-6-2)13-14-23(4)21(16(3)15-24)11-12-22(20)23/h16-22,24H,5-15H2,1-4H3. The van der Waals surface area contributed by atoms with Gasteiger partial charge in [0, 0.05) is 6.61 Å². The van der Waals surface area contributed by atoms with E-state index in [1.807, 2.05) is 0 Å². The first-order valence-electron chi connectivity index (χ1n) is 11.2. The van der Waals surface area contributed by atoms with Crippen LogP contribution in [0.1, 0.15) is 91.9 Å². The smallest absolute Gasteiger partial charge is 0.0459 e.